The van der Waals surface area contributed by atoms with E-state index in [4.69, 9.17) is 18.0 Å². The van der Waals surface area contributed by atoms with Crippen molar-refractivity contribution >= 4 is 29.2 Å². The van der Waals surface area contributed by atoms with Crippen molar-refractivity contribution in [2.24, 2.45) is 5.10 Å². The molecule has 0 spiro atoms. The van der Waals surface area contributed by atoms with Gasteiger partial charge in [0.2, 0.25) is 0 Å². The van der Waals surface area contributed by atoms with Crippen molar-refractivity contribution in [3.05, 3.63) is 29.8 Å². The Kier molecular flexibility index (Phi) is 4.05. The normalized spacial score (nSPS) is 10.3. The zero-order valence-electron chi connectivity index (χ0n) is 8.77. The summed E-state index contributed by atoms with van der Waals surface area (Å²) in [5.41, 5.74) is 7.29. The highest BCUT2D eigenvalue weighted by Crippen LogP contribution is 2.03. The first-order valence-electron chi connectivity index (χ1n) is 4.48. The molecule has 0 aromatic heterocycles. The second-order valence-corrected chi connectivity index (χ2v) is 3.38. The van der Waals surface area contributed by atoms with Gasteiger partial charge in [0, 0.05) is 19.8 Å². The lowest BCUT2D eigenvalue weighted by Gasteiger charge is -2.12. The Bertz CT molecular complexity index is 358. The van der Waals surface area contributed by atoms with Gasteiger partial charge in [-0.2, -0.15) is 5.10 Å². The Balaban J connectivity index is 2.65. The maximum Gasteiger partial charge on any atom is 0.189 e. The average Bonchev–Trinajstić information content (AvgIpc) is 2.26. The maximum absolute atomic E-state index is 5.57. The largest absolute Gasteiger partial charge is 0.399 e. The third-order valence-corrected chi connectivity index (χ3v) is 2.29. The van der Waals surface area contributed by atoms with Crippen LogP contribution in [-0.4, -0.2) is 30.4 Å². The van der Waals surface area contributed by atoms with Crippen LogP contribution in [0.15, 0.2) is 29.4 Å². The quantitative estimate of drug-likeness (QED) is 0.340. The number of nitrogens with one attached hydrogen (secondary N) is 1. The molecule has 0 radical (unpaired) electrons. The molecule has 0 aliphatic rings. The number of thiocarbonyl (C=S) groups is 1. The molecule has 0 aliphatic carbocycles. The molecule has 0 amide bonds. The number of nitrogen functional groups attached to an aromatic ring is 1. The minimum absolute atomic E-state index is 0.571. The second-order valence-electron chi connectivity index (χ2n) is 2.99. The van der Waals surface area contributed by atoms with Crippen LogP contribution in [0, 0.1) is 0 Å². The fourth-order valence-electron chi connectivity index (χ4n) is 0.950. The lowest BCUT2D eigenvalue weighted by Crippen LogP contribution is -2.30. The Hall–Kier alpha value is -1.62. The van der Waals surface area contributed by atoms with Gasteiger partial charge in [-0.25, -0.2) is 5.01 Å². The Morgan fingerprint density at radius 1 is 1.47 bits per heavy atom. The van der Waals surface area contributed by atoms with Gasteiger partial charge in [0.15, 0.2) is 5.11 Å². The number of hydrogen-bond acceptors (Lipinski definition) is 3. The summed E-state index contributed by atoms with van der Waals surface area (Å²) in [6.07, 6.45) is 1.73. The van der Waals surface area contributed by atoms with Gasteiger partial charge < -0.3 is 11.1 Å². The van der Waals surface area contributed by atoms with Gasteiger partial charge in [0.1, 0.15) is 0 Å². The summed E-state index contributed by atoms with van der Waals surface area (Å²) in [6, 6.07) is 7.46. The molecule has 0 atom stereocenters. The van der Waals surface area contributed by atoms with Crippen LogP contribution in [0.5, 0.6) is 0 Å². The molecule has 3 N–H and O–H groups in total. The Morgan fingerprint density at radius 2 is 2.07 bits per heavy atom. The third-order valence-electron chi connectivity index (χ3n) is 1.82. The summed E-state index contributed by atoms with van der Waals surface area (Å²) < 4.78 is 0. The van der Waals surface area contributed by atoms with Gasteiger partial charge in [-0.1, -0.05) is 12.1 Å². The Morgan fingerprint density at radius 3 is 2.60 bits per heavy atom. The highest BCUT2D eigenvalue weighted by atomic mass is 32.1. The molecule has 80 valence electrons. The van der Waals surface area contributed by atoms with Gasteiger partial charge in [-0.15, -0.1) is 0 Å². The van der Waals surface area contributed by atoms with Gasteiger partial charge in [-0.3, -0.25) is 0 Å². The molecule has 1 aromatic rings. The van der Waals surface area contributed by atoms with Crippen LogP contribution in [0.3, 0.4) is 0 Å². The third kappa shape index (κ3) is 3.55. The molecule has 4 nitrogen and oxygen atoms in total. The van der Waals surface area contributed by atoms with E-state index < -0.39 is 0 Å². The molecular formula is C10H14N4S. The first-order valence-corrected chi connectivity index (χ1v) is 4.89. The lowest BCUT2D eigenvalue weighted by molar-refractivity contribution is 0.540. The highest BCUT2D eigenvalue weighted by Gasteiger charge is 1.96. The molecule has 0 bridgehead atoms. The zero-order chi connectivity index (χ0) is 11.3. The summed E-state index contributed by atoms with van der Waals surface area (Å²) in [7, 11) is 3.55. The van der Waals surface area contributed by atoms with Crippen molar-refractivity contribution in [1.29, 1.82) is 0 Å². The molecule has 0 heterocycles. The summed E-state index contributed by atoms with van der Waals surface area (Å²) in [4.78, 5) is 0. The van der Waals surface area contributed by atoms with Gasteiger partial charge in [0.25, 0.3) is 0 Å². The minimum atomic E-state index is 0.571. The van der Waals surface area contributed by atoms with Crippen LogP contribution in [0.4, 0.5) is 5.69 Å². The van der Waals surface area contributed by atoms with Crippen LogP contribution < -0.4 is 11.1 Å². The second kappa shape index (κ2) is 5.31. The molecule has 0 unspecified atom stereocenters. The predicted molar refractivity (Wildman–Crippen MR) is 67.9 cm³/mol. The maximum atomic E-state index is 5.57. The lowest BCUT2D eigenvalue weighted by atomic mass is 10.2. The zero-order valence-corrected chi connectivity index (χ0v) is 9.58. The van der Waals surface area contributed by atoms with Crippen molar-refractivity contribution in [2.45, 2.75) is 0 Å². The minimum Gasteiger partial charge on any atom is -0.399 e. The molecule has 0 saturated carbocycles. The molecule has 15 heavy (non-hydrogen) atoms. The van der Waals surface area contributed by atoms with Crippen LogP contribution in [0.25, 0.3) is 0 Å². The first-order chi connectivity index (χ1) is 7.13. The van der Waals surface area contributed by atoms with Crippen molar-refractivity contribution in [1.82, 2.24) is 10.3 Å². The topological polar surface area (TPSA) is 53.6 Å². The number of nitrogens with zero attached hydrogens (tertiary/aromatic N) is 2. The fraction of sp³-hybridized carbons (Fsp3) is 0.200. The fourth-order valence-corrected chi connectivity index (χ4v) is 0.997. The molecule has 1 rings (SSSR count). The Labute approximate surface area is 94.8 Å². The predicted octanol–water partition coefficient (Wildman–Crippen LogP) is 1.04. The molecule has 5 heteroatoms. The number of benzene rings is 1. The molecule has 0 fully saturated rings. The van der Waals surface area contributed by atoms with E-state index in [9.17, 15) is 0 Å². The standard InChI is InChI=1S/C10H14N4S/c1-12-10(15)14(2)13-7-8-3-5-9(11)6-4-8/h3-7H,11H2,1-2H3,(H,12,15)/b13-7+. The van der Waals surface area contributed by atoms with Crippen LogP contribution >= 0.6 is 12.2 Å². The van der Waals surface area contributed by atoms with Gasteiger partial charge in [-0.05, 0) is 29.9 Å². The molecule has 1 aromatic carbocycles. The summed E-state index contributed by atoms with van der Waals surface area (Å²) in [6.45, 7) is 0. The van der Waals surface area contributed by atoms with E-state index in [0.29, 0.717) is 5.11 Å². The van der Waals surface area contributed by atoms with E-state index in [1.807, 2.05) is 24.3 Å². The van der Waals surface area contributed by atoms with Crippen molar-refractivity contribution in [3.8, 4) is 0 Å². The monoisotopic (exact) mass is 222 g/mol. The van der Waals surface area contributed by atoms with Crippen LogP contribution in [-0.2, 0) is 0 Å². The van der Waals surface area contributed by atoms with E-state index in [0.717, 1.165) is 11.3 Å². The molecular weight excluding hydrogens is 208 g/mol. The number of hydrazone groups is 1. The summed E-state index contributed by atoms with van der Waals surface area (Å²) in [5.74, 6) is 0. The first kappa shape index (κ1) is 11.5. The smallest absolute Gasteiger partial charge is 0.189 e. The van der Waals surface area contributed by atoms with Crippen molar-refractivity contribution in [3.63, 3.8) is 0 Å². The SMILES string of the molecule is CNC(=S)N(C)/N=C/c1ccc(N)cc1. The summed E-state index contributed by atoms with van der Waals surface area (Å²) >= 11 is 5.00. The van der Waals surface area contributed by atoms with Crippen LogP contribution in [0.1, 0.15) is 5.56 Å². The van der Waals surface area contributed by atoms with E-state index in [2.05, 4.69) is 10.4 Å². The highest BCUT2D eigenvalue weighted by molar-refractivity contribution is 7.80. The summed E-state index contributed by atoms with van der Waals surface area (Å²) in [5, 5.41) is 9.15. The van der Waals surface area contributed by atoms with Gasteiger partial charge >= 0.3 is 0 Å². The van der Waals surface area contributed by atoms with Gasteiger partial charge in [0.05, 0.1) is 6.21 Å². The molecule has 0 saturated heterocycles. The number of rotatable bonds is 2. The van der Waals surface area contributed by atoms with E-state index in [1.165, 1.54) is 0 Å². The average molecular weight is 222 g/mol. The number of nitrogens with two attached hydrogens (primary N) is 1. The number of anilines is 1. The van der Waals surface area contributed by atoms with E-state index in [-0.39, 0.29) is 0 Å². The van der Waals surface area contributed by atoms with E-state index >= 15 is 0 Å². The van der Waals surface area contributed by atoms with Crippen molar-refractivity contribution < 1.29 is 0 Å². The molecule has 0 aliphatic heterocycles. The van der Waals surface area contributed by atoms with Crippen molar-refractivity contribution in [2.75, 3.05) is 19.8 Å². The van der Waals surface area contributed by atoms with Crippen LogP contribution in [0.2, 0.25) is 0 Å². The van der Waals surface area contributed by atoms with E-state index in [1.54, 1.807) is 25.3 Å². The number of hydrogen-bond donors (Lipinski definition) is 2.